The van der Waals surface area contributed by atoms with Crippen molar-refractivity contribution >= 4 is 39.3 Å². The van der Waals surface area contributed by atoms with E-state index in [0.717, 1.165) is 0 Å². The number of carbonyl (C=O) groups excluding carboxylic acids is 4. The van der Waals surface area contributed by atoms with Gasteiger partial charge in [0.15, 0.2) is 0 Å². The summed E-state index contributed by atoms with van der Waals surface area (Å²) in [5.74, 6) is -2.64. The number of nitrogen functional groups attached to an aromatic ring is 1. The molecule has 14 nitrogen and oxygen atoms in total. The van der Waals surface area contributed by atoms with E-state index in [0.29, 0.717) is 31.5 Å². The Bertz CT molecular complexity index is 1450. The number of sulfonamides is 1. The highest BCUT2D eigenvalue weighted by molar-refractivity contribution is 7.90. The summed E-state index contributed by atoms with van der Waals surface area (Å²) in [7, 11) is 4.16. The molecule has 0 aliphatic carbocycles. The maximum absolute atomic E-state index is 14.2. The topological polar surface area (TPSA) is 181 Å². The van der Waals surface area contributed by atoms with Gasteiger partial charge in [0.25, 0.3) is 10.0 Å². The fourth-order valence-corrected chi connectivity index (χ4v) is 8.41. The van der Waals surface area contributed by atoms with Crippen LogP contribution >= 0.6 is 0 Å². The normalized spacial score (nSPS) is 19.1. The van der Waals surface area contributed by atoms with Crippen molar-refractivity contribution in [2.24, 2.45) is 23.7 Å². The second kappa shape index (κ2) is 19.7. The second-order valence-electron chi connectivity index (χ2n) is 15.0. The Labute approximate surface area is 311 Å². The first kappa shape index (κ1) is 44.9. The molecular formula is C37H64N6O8S. The molecule has 15 heteroatoms. The van der Waals surface area contributed by atoms with Gasteiger partial charge in [0.2, 0.25) is 23.6 Å². The second-order valence-corrected chi connectivity index (χ2v) is 16.7. The van der Waals surface area contributed by atoms with Crippen LogP contribution in [-0.4, -0.2) is 125 Å². The number of hydrogen-bond donors (Lipinski definition) is 3. The van der Waals surface area contributed by atoms with E-state index >= 15 is 0 Å². The van der Waals surface area contributed by atoms with Crippen molar-refractivity contribution in [2.45, 2.75) is 115 Å². The fourth-order valence-electron chi connectivity index (χ4n) is 7.34. The predicted octanol–water partition coefficient (Wildman–Crippen LogP) is 2.72. The molecule has 1 aromatic carbocycles. The molecule has 0 saturated carbocycles. The number of rotatable bonds is 19. The highest BCUT2D eigenvalue weighted by Crippen LogP contribution is 2.30. The quantitative estimate of drug-likeness (QED) is 0.178. The van der Waals surface area contributed by atoms with Crippen molar-refractivity contribution in [1.29, 1.82) is 0 Å². The minimum Gasteiger partial charge on any atom is -0.399 e. The van der Waals surface area contributed by atoms with Crippen LogP contribution in [0.5, 0.6) is 0 Å². The van der Waals surface area contributed by atoms with Crippen molar-refractivity contribution < 1.29 is 37.1 Å². The smallest absolute Gasteiger partial charge is 0.264 e. The molecule has 1 heterocycles. The zero-order valence-corrected chi connectivity index (χ0v) is 34.0. The molecule has 1 aliphatic heterocycles. The molecule has 4 N–H and O–H groups in total. The maximum atomic E-state index is 14.2. The molecule has 296 valence electrons. The molecule has 4 amide bonds. The number of nitrogens with two attached hydrogens (primary N) is 1. The summed E-state index contributed by atoms with van der Waals surface area (Å²) in [6, 6.07) is 3.30. The van der Waals surface area contributed by atoms with E-state index in [1.165, 1.54) is 38.5 Å². The van der Waals surface area contributed by atoms with Crippen LogP contribution in [0.3, 0.4) is 0 Å². The fraction of sp³-hybridized carbons (Fsp3) is 0.730. The standard InChI is InChI=1S/C37H64N6O8S/c1-13-24(6)33(42(10)37(47)31(22(2)3)39-36(46)32(23(4)5)41(8)9)29(50-11)21-30(44)43-20-14-15-28(43)34(51-12)25(7)35(45)40-52(48,49)27-18-16-26(38)17-19-27/h16-19,22-25,28-29,31-34H,13-15,20-21,38H2,1-12H3,(H,39,46)(H,40,45)/t24-,25+,28-,29+,31-,32?,33-,34+/m0/s1. The number of nitrogens with zero attached hydrogens (tertiary/aromatic N) is 3. The van der Waals surface area contributed by atoms with Crippen LogP contribution < -0.4 is 15.8 Å². The molecule has 52 heavy (non-hydrogen) atoms. The predicted molar refractivity (Wildman–Crippen MR) is 201 cm³/mol. The number of anilines is 1. The SMILES string of the molecule is CC[C@H](C)[C@@H]([C@@H](CC(=O)N1CCC[C@H]1[C@H](OC)[C@@H](C)C(=O)NS(=O)(=O)c1ccc(N)cc1)OC)N(C)C(=O)[C@@H](NC(=O)C(C(C)C)N(C)C)C(C)C. The average molecular weight is 753 g/mol. The summed E-state index contributed by atoms with van der Waals surface area (Å²) in [6.45, 7) is 13.7. The third-order valence-electron chi connectivity index (χ3n) is 10.4. The van der Waals surface area contributed by atoms with Crippen molar-refractivity contribution in [3.05, 3.63) is 24.3 Å². The van der Waals surface area contributed by atoms with E-state index in [1.807, 2.05) is 60.5 Å². The number of ether oxygens (including phenoxy) is 2. The summed E-state index contributed by atoms with van der Waals surface area (Å²) in [4.78, 5) is 60.0. The summed E-state index contributed by atoms with van der Waals surface area (Å²) in [5, 5.41) is 3.01. The Kier molecular flexibility index (Phi) is 17.0. The molecular weight excluding hydrogens is 689 g/mol. The first-order valence-electron chi connectivity index (χ1n) is 18.2. The van der Waals surface area contributed by atoms with E-state index < -0.39 is 58.2 Å². The lowest BCUT2D eigenvalue weighted by Crippen LogP contribution is -2.59. The number of methoxy groups -OCH3 is 2. The highest BCUT2D eigenvalue weighted by atomic mass is 32.2. The Hall–Kier alpha value is -3.27. The van der Waals surface area contributed by atoms with E-state index in [2.05, 4.69) is 10.0 Å². The molecule has 1 fully saturated rings. The first-order valence-corrected chi connectivity index (χ1v) is 19.7. The largest absolute Gasteiger partial charge is 0.399 e. The van der Waals surface area contributed by atoms with Gasteiger partial charge in [-0.1, -0.05) is 54.9 Å². The van der Waals surface area contributed by atoms with Gasteiger partial charge < -0.3 is 30.3 Å². The number of benzene rings is 1. The Balaban J connectivity index is 2.29. The zero-order chi connectivity index (χ0) is 39.7. The van der Waals surface area contributed by atoms with E-state index in [4.69, 9.17) is 15.2 Å². The van der Waals surface area contributed by atoms with E-state index in [1.54, 1.807) is 23.8 Å². The zero-order valence-electron chi connectivity index (χ0n) is 33.2. The number of likely N-dealkylation sites (N-methyl/N-ethyl adjacent to an activating group) is 2. The molecule has 0 radical (unpaired) electrons. The number of likely N-dealkylation sites (tertiary alicyclic amines) is 1. The van der Waals surface area contributed by atoms with Gasteiger partial charge in [-0.05, 0) is 69.0 Å². The van der Waals surface area contributed by atoms with Gasteiger partial charge in [-0.15, -0.1) is 0 Å². The van der Waals surface area contributed by atoms with Gasteiger partial charge in [-0.25, -0.2) is 13.1 Å². The van der Waals surface area contributed by atoms with Crippen LogP contribution in [-0.2, 0) is 38.7 Å². The average Bonchev–Trinajstić information content (AvgIpc) is 3.55. The number of amides is 4. The lowest BCUT2D eigenvalue weighted by atomic mass is 9.89. The van der Waals surface area contributed by atoms with E-state index in [9.17, 15) is 27.6 Å². The van der Waals surface area contributed by atoms with Gasteiger partial charge in [0, 0.05) is 33.5 Å². The Morgan fingerprint density at radius 3 is 2.02 bits per heavy atom. The van der Waals surface area contributed by atoms with Crippen LogP contribution in [0.25, 0.3) is 0 Å². The minimum absolute atomic E-state index is 0.0273. The molecule has 0 aromatic heterocycles. The van der Waals surface area contributed by atoms with Gasteiger partial charge in [0.1, 0.15) is 6.04 Å². The minimum atomic E-state index is -4.17. The molecule has 2 rings (SSSR count). The maximum Gasteiger partial charge on any atom is 0.264 e. The van der Waals surface area contributed by atoms with Gasteiger partial charge >= 0.3 is 0 Å². The summed E-state index contributed by atoms with van der Waals surface area (Å²) in [6.07, 6.45) is 0.400. The number of hydrogen-bond acceptors (Lipinski definition) is 10. The Morgan fingerprint density at radius 2 is 1.54 bits per heavy atom. The summed E-state index contributed by atoms with van der Waals surface area (Å²) < 4.78 is 39.8. The molecule has 8 atom stereocenters. The summed E-state index contributed by atoms with van der Waals surface area (Å²) >= 11 is 0. The van der Waals surface area contributed by atoms with Gasteiger partial charge in [-0.2, -0.15) is 0 Å². The van der Waals surface area contributed by atoms with E-state index in [-0.39, 0.29) is 46.8 Å². The van der Waals surface area contributed by atoms with Crippen LogP contribution in [0.2, 0.25) is 0 Å². The lowest BCUT2D eigenvalue weighted by Gasteiger charge is -2.41. The monoisotopic (exact) mass is 752 g/mol. The van der Waals surface area contributed by atoms with Crippen molar-refractivity contribution in [1.82, 2.24) is 24.7 Å². The molecule has 1 unspecified atom stereocenters. The summed E-state index contributed by atoms with van der Waals surface area (Å²) in [5.41, 5.74) is 6.07. The van der Waals surface area contributed by atoms with Crippen LogP contribution in [0.15, 0.2) is 29.2 Å². The van der Waals surface area contributed by atoms with Crippen molar-refractivity contribution in [3.63, 3.8) is 0 Å². The highest BCUT2D eigenvalue weighted by Gasteiger charge is 2.43. The van der Waals surface area contributed by atoms with Crippen molar-refractivity contribution in [3.8, 4) is 0 Å². The molecule has 1 saturated heterocycles. The third-order valence-corrected chi connectivity index (χ3v) is 11.7. The van der Waals surface area contributed by atoms with Crippen molar-refractivity contribution in [2.75, 3.05) is 47.6 Å². The van der Waals surface area contributed by atoms with Crippen LogP contribution in [0.1, 0.15) is 74.1 Å². The molecule has 1 aliphatic rings. The number of carbonyl (C=O) groups is 4. The first-order chi connectivity index (χ1) is 24.2. The van der Waals surface area contributed by atoms with Crippen LogP contribution in [0.4, 0.5) is 5.69 Å². The molecule has 0 bridgehead atoms. The molecule has 1 aromatic rings. The third kappa shape index (κ3) is 11.1. The van der Waals surface area contributed by atoms with Crippen LogP contribution in [0, 0.1) is 23.7 Å². The molecule has 0 spiro atoms. The number of nitrogens with one attached hydrogen (secondary N) is 2. The van der Waals surface area contributed by atoms with Gasteiger partial charge in [0.05, 0.1) is 47.6 Å². The Morgan fingerprint density at radius 1 is 0.942 bits per heavy atom. The lowest BCUT2D eigenvalue weighted by molar-refractivity contribution is -0.148. The van der Waals surface area contributed by atoms with Gasteiger partial charge in [-0.3, -0.25) is 24.1 Å².